The Hall–Kier alpha value is -2.00. The molecular formula is C20H15I3N4O5. The van der Waals surface area contributed by atoms with Crippen LogP contribution in [0.25, 0.3) is 0 Å². The lowest BCUT2D eigenvalue weighted by molar-refractivity contribution is -0.119. The molecule has 0 fully saturated rings. The second-order valence-corrected chi connectivity index (χ2v) is 9.48. The summed E-state index contributed by atoms with van der Waals surface area (Å²) in [6.45, 7) is 2.10. The zero-order chi connectivity index (χ0) is 24.0. The van der Waals surface area contributed by atoms with Gasteiger partial charge in [0, 0.05) is 19.5 Å². The van der Waals surface area contributed by atoms with E-state index in [4.69, 9.17) is 10.00 Å². The zero-order valence-electron chi connectivity index (χ0n) is 16.6. The minimum atomic E-state index is -0.789. The summed E-state index contributed by atoms with van der Waals surface area (Å²) in [4.78, 5) is 48.3. The largest absolute Gasteiger partial charge is 0.452 e. The fourth-order valence-electron chi connectivity index (χ4n) is 2.44. The lowest BCUT2D eigenvalue weighted by atomic mass is 10.1. The van der Waals surface area contributed by atoms with Crippen LogP contribution in [0, 0.1) is 22.0 Å². The summed E-state index contributed by atoms with van der Waals surface area (Å²) in [6, 6.07) is 8.19. The predicted molar refractivity (Wildman–Crippen MR) is 143 cm³/mol. The van der Waals surface area contributed by atoms with E-state index in [9.17, 15) is 19.2 Å². The van der Waals surface area contributed by atoms with Crippen molar-refractivity contribution in [3.8, 4) is 6.07 Å². The molecule has 2 aromatic rings. The van der Waals surface area contributed by atoms with Crippen LogP contribution in [0.4, 0.5) is 17.1 Å². The van der Waals surface area contributed by atoms with Gasteiger partial charge in [0.2, 0.25) is 11.8 Å². The van der Waals surface area contributed by atoms with E-state index in [0.29, 0.717) is 33.3 Å². The number of esters is 1. The highest BCUT2D eigenvalue weighted by Gasteiger charge is 2.27. The lowest BCUT2D eigenvalue weighted by Crippen LogP contribution is -2.23. The first-order chi connectivity index (χ1) is 15.0. The Morgan fingerprint density at radius 2 is 1.38 bits per heavy atom. The van der Waals surface area contributed by atoms with E-state index in [1.807, 2.05) is 73.8 Å². The van der Waals surface area contributed by atoms with Gasteiger partial charge in [-0.1, -0.05) is 0 Å². The number of hydrogen-bond acceptors (Lipinski definition) is 6. The van der Waals surface area contributed by atoms with Crippen LogP contribution in [-0.4, -0.2) is 30.3 Å². The zero-order valence-corrected chi connectivity index (χ0v) is 23.1. The van der Waals surface area contributed by atoms with Gasteiger partial charge in [0.05, 0.1) is 39.3 Å². The molecule has 0 spiro atoms. The number of hydrogen-bond donors (Lipinski definition) is 3. The molecule has 0 aliphatic heterocycles. The number of nitrogens with one attached hydrogen (secondary N) is 3. The number of carbonyl (C=O) groups is 4. The number of ether oxygens (including phenoxy) is 1. The molecule has 0 aliphatic rings. The first kappa shape index (κ1) is 26.3. The van der Waals surface area contributed by atoms with E-state index in [0.717, 1.165) is 0 Å². The molecule has 2 aromatic carbocycles. The van der Waals surface area contributed by atoms with Crippen LogP contribution in [0.15, 0.2) is 24.3 Å². The highest BCUT2D eigenvalue weighted by atomic mass is 127. The molecule has 0 aromatic heterocycles. The molecule has 9 nitrogen and oxygen atoms in total. The Bertz CT molecular complexity index is 1100. The van der Waals surface area contributed by atoms with Gasteiger partial charge >= 0.3 is 5.97 Å². The smallest absolute Gasteiger partial charge is 0.340 e. The summed E-state index contributed by atoms with van der Waals surface area (Å²) in [5.41, 5.74) is 1.73. The molecule has 0 atom stereocenters. The van der Waals surface area contributed by atoms with Crippen LogP contribution in [0.3, 0.4) is 0 Å². The highest BCUT2D eigenvalue weighted by molar-refractivity contribution is 14.1. The van der Waals surface area contributed by atoms with Crippen molar-refractivity contribution in [1.29, 1.82) is 5.26 Å². The van der Waals surface area contributed by atoms with Crippen molar-refractivity contribution in [2.75, 3.05) is 22.6 Å². The van der Waals surface area contributed by atoms with Crippen LogP contribution in [0.2, 0.25) is 0 Å². The number of carbonyl (C=O) groups excluding carboxylic acids is 4. The molecule has 0 radical (unpaired) electrons. The van der Waals surface area contributed by atoms with E-state index >= 15 is 0 Å². The summed E-state index contributed by atoms with van der Waals surface area (Å²) >= 11 is 5.79. The van der Waals surface area contributed by atoms with Crippen molar-refractivity contribution in [1.82, 2.24) is 0 Å². The standard InChI is InChI=1S/C20H15I3N4O5/c1-9(28)25-18-15(21)14(16(22)19(17(18)23)26-10(2)29)20(31)32-8-13(30)27-12-5-3-11(7-24)4-6-12/h3-6H,8H2,1-2H3,(H,25,28)(H,26,29)(H,27,30). The van der Waals surface area contributed by atoms with Gasteiger partial charge in [0.1, 0.15) is 0 Å². The SMILES string of the molecule is CC(=O)Nc1c(I)c(NC(C)=O)c(I)c(C(=O)OCC(=O)Nc2ccc(C#N)cc2)c1I. The van der Waals surface area contributed by atoms with Crippen LogP contribution in [-0.2, 0) is 19.1 Å². The lowest BCUT2D eigenvalue weighted by Gasteiger charge is -2.19. The number of benzene rings is 2. The van der Waals surface area contributed by atoms with Crippen molar-refractivity contribution in [3.63, 3.8) is 0 Å². The van der Waals surface area contributed by atoms with Crippen molar-refractivity contribution in [2.24, 2.45) is 0 Å². The first-order valence-corrected chi connectivity index (χ1v) is 12.0. The molecule has 12 heteroatoms. The maximum Gasteiger partial charge on any atom is 0.340 e. The van der Waals surface area contributed by atoms with Gasteiger partial charge < -0.3 is 20.7 Å². The van der Waals surface area contributed by atoms with Crippen LogP contribution >= 0.6 is 67.8 Å². The monoisotopic (exact) mass is 772 g/mol. The maximum absolute atomic E-state index is 12.8. The summed E-state index contributed by atoms with van der Waals surface area (Å²) < 4.78 is 6.57. The topological polar surface area (TPSA) is 137 Å². The van der Waals surface area contributed by atoms with Crippen molar-refractivity contribution >= 4 is 109 Å². The van der Waals surface area contributed by atoms with Crippen LogP contribution in [0.5, 0.6) is 0 Å². The minimum Gasteiger partial charge on any atom is -0.452 e. The third-order valence-electron chi connectivity index (χ3n) is 3.76. The van der Waals surface area contributed by atoms with Crippen molar-refractivity contribution in [3.05, 3.63) is 46.1 Å². The number of nitriles is 1. The molecule has 0 aliphatic carbocycles. The van der Waals surface area contributed by atoms with Gasteiger partial charge in [-0.3, -0.25) is 14.4 Å². The van der Waals surface area contributed by atoms with Crippen LogP contribution < -0.4 is 16.0 Å². The van der Waals surface area contributed by atoms with E-state index in [2.05, 4.69) is 16.0 Å². The Balaban J connectivity index is 2.27. The van der Waals surface area contributed by atoms with E-state index < -0.39 is 18.5 Å². The number of amides is 3. The number of anilines is 3. The minimum absolute atomic E-state index is 0.116. The molecular weight excluding hydrogens is 757 g/mol. The molecule has 0 heterocycles. The van der Waals surface area contributed by atoms with Gasteiger partial charge in [-0.05, 0) is 92.0 Å². The predicted octanol–water partition coefficient (Wildman–Crippen LogP) is 4.08. The Labute approximate surface area is 224 Å². The molecule has 0 saturated heterocycles. The van der Waals surface area contributed by atoms with E-state index in [1.165, 1.54) is 13.8 Å². The molecule has 0 unspecified atom stereocenters. The number of rotatable bonds is 6. The molecule has 2 rings (SSSR count). The maximum atomic E-state index is 12.8. The fraction of sp³-hybridized carbons (Fsp3) is 0.150. The van der Waals surface area contributed by atoms with E-state index in [-0.39, 0.29) is 17.4 Å². The number of halogens is 3. The van der Waals surface area contributed by atoms with Crippen molar-refractivity contribution < 1.29 is 23.9 Å². The average Bonchev–Trinajstić information content (AvgIpc) is 2.73. The number of nitrogens with zero attached hydrogens (tertiary/aromatic N) is 1. The second kappa shape index (κ2) is 11.7. The molecule has 0 saturated carbocycles. The average molecular weight is 772 g/mol. The third kappa shape index (κ3) is 6.75. The Morgan fingerprint density at radius 1 is 0.875 bits per heavy atom. The highest BCUT2D eigenvalue weighted by Crippen LogP contribution is 2.39. The van der Waals surface area contributed by atoms with Gasteiger partial charge in [0.25, 0.3) is 5.91 Å². The van der Waals surface area contributed by atoms with Gasteiger partial charge in [-0.2, -0.15) is 5.26 Å². The fourth-order valence-corrected chi connectivity index (χ4v) is 6.59. The van der Waals surface area contributed by atoms with Gasteiger partial charge in [0.15, 0.2) is 6.61 Å². The molecule has 166 valence electrons. The Kier molecular flexibility index (Phi) is 9.64. The van der Waals surface area contributed by atoms with Crippen LogP contribution in [0.1, 0.15) is 29.8 Å². The summed E-state index contributed by atoms with van der Waals surface area (Å²) in [7, 11) is 0. The molecule has 3 N–H and O–H groups in total. The molecule has 32 heavy (non-hydrogen) atoms. The van der Waals surface area contributed by atoms with E-state index in [1.54, 1.807) is 24.3 Å². The van der Waals surface area contributed by atoms with Gasteiger partial charge in [-0.15, -0.1) is 0 Å². The molecule has 0 bridgehead atoms. The normalized spacial score (nSPS) is 10.0. The first-order valence-electron chi connectivity index (χ1n) is 8.77. The van der Waals surface area contributed by atoms with Gasteiger partial charge in [-0.25, -0.2) is 4.79 Å². The quantitative estimate of drug-likeness (QED) is 0.299. The summed E-state index contributed by atoms with van der Waals surface area (Å²) in [6.07, 6.45) is 0. The Morgan fingerprint density at radius 3 is 1.81 bits per heavy atom. The summed E-state index contributed by atoms with van der Waals surface area (Å²) in [5, 5.41) is 16.7. The van der Waals surface area contributed by atoms with Crippen molar-refractivity contribution in [2.45, 2.75) is 13.8 Å². The third-order valence-corrected chi connectivity index (χ3v) is 6.99. The summed E-state index contributed by atoms with van der Waals surface area (Å²) in [5.74, 6) is -2.06. The molecule has 3 amide bonds. The second-order valence-electron chi connectivity index (χ2n) is 6.24.